The Bertz CT molecular complexity index is 830. The molecule has 1 N–H and O–H groups in total. The Kier molecular flexibility index (Phi) is 5.12. The smallest absolute Gasteiger partial charge is 0.400 e. The lowest BCUT2D eigenvalue weighted by Crippen LogP contribution is -2.43. The Hall–Kier alpha value is -1.70. The highest BCUT2D eigenvalue weighted by atomic mass is 32.2. The standard InChI is InChI=1S/C21H24F3NO3S/c1-13(26)28-15-7-3-2-6-14(15)17(27)25-18-20-10-5-4-9-19(20,12-20)11-8-16(29-18)21(22,23)24/h2-3,6-7,16,18H,4-5,8-12H2,1H3,(H,25,27). The zero-order valence-corrected chi connectivity index (χ0v) is 17.0. The van der Waals surface area contributed by atoms with Crippen molar-refractivity contribution in [3.63, 3.8) is 0 Å². The van der Waals surface area contributed by atoms with E-state index in [2.05, 4.69) is 5.32 Å². The van der Waals surface area contributed by atoms with Crippen molar-refractivity contribution in [2.24, 2.45) is 10.8 Å². The van der Waals surface area contributed by atoms with Crippen molar-refractivity contribution in [3.05, 3.63) is 29.8 Å². The molecule has 4 rings (SSSR count). The lowest BCUT2D eigenvalue weighted by atomic mass is 9.76. The van der Waals surface area contributed by atoms with E-state index in [-0.39, 0.29) is 28.6 Å². The summed E-state index contributed by atoms with van der Waals surface area (Å²) in [5.74, 6) is -0.937. The van der Waals surface area contributed by atoms with Crippen LogP contribution in [0, 0.1) is 10.8 Å². The maximum Gasteiger partial charge on any atom is 0.400 e. The molecular weight excluding hydrogens is 403 g/mol. The molecule has 1 aliphatic heterocycles. The number of halogens is 3. The summed E-state index contributed by atoms with van der Waals surface area (Å²) in [6, 6.07) is 6.31. The third kappa shape index (κ3) is 3.64. The van der Waals surface area contributed by atoms with Crippen LogP contribution in [0.1, 0.15) is 62.2 Å². The van der Waals surface area contributed by atoms with Gasteiger partial charge in [-0.3, -0.25) is 9.59 Å². The van der Waals surface area contributed by atoms with Crippen molar-refractivity contribution in [1.82, 2.24) is 5.32 Å². The molecule has 0 bridgehead atoms. The third-order valence-electron chi connectivity index (χ3n) is 6.81. The second kappa shape index (κ2) is 7.22. The van der Waals surface area contributed by atoms with Gasteiger partial charge >= 0.3 is 12.1 Å². The number of benzene rings is 1. The molecule has 2 aliphatic carbocycles. The Labute approximate surface area is 171 Å². The van der Waals surface area contributed by atoms with Gasteiger partial charge in [0.25, 0.3) is 5.91 Å². The summed E-state index contributed by atoms with van der Waals surface area (Å²) in [4.78, 5) is 24.4. The molecule has 29 heavy (non-hydrogen) atoms. The number of carbonyl (C=O) groups is 2. The van der Waals surface area contributed by atoms with Crippen molar-refractivity contribution in [3.8, 4) is 5.75 Å². The van der Waals surface area contributed by atoms with Gasteiger partial charge in [0.15, 0.2) is 0 Å². The Balaban J connectivity index is 1.62. The predicted molar refractivity (Wildman–Crippen MR) is 104 cm³/mol. The van der Waals surface area contributed by atoms with Gasteiger partial charge in [-0.05, 0) is 49.7 Å². The molecule has 1 saturated heterocycles. The van der Waals surface area contributed by atoms with Crippen LogP contribution in [0.4, 0.5) is 13.2 Å². The number of alkyl halides is 3. The van der Waals surface area contributed by atoms with Crippen LogP contribution in [0.5, 0.6) is 5.75 Å². The second-order valence-corrected chi connectivity index (χ2v) is 9.78. The van der Waals surface area contributed by atoms with Crippen LogP contribution in [0.3, 0.4) is 0 Å². The van der Waals surface area contributed by atoms with E-state index >= 15 is 0 Å². The molecule has 4 nitrogen and oxygen atoms in total. The van der Waals surface area contributed by atoms with Gasteiger partial charge in [0.05, 0.1) is 10.9 Å². The van der Waals surface area contributed by atoms with Crippen LogP contribution in [-0.4, -0.2) is 28.7 Å². The van der Waals surface area contributed by atoms with Crippen LogP contribution in [0.25, 0.3) is 0 Å². The minimum Gasteiger partial charge on any atom is -0.426 e. The van der Waals surface area contributed by atoms with Gasteiger partial charge in [-0.2, -0.15) is 13.2 Å². The van der Waals surface area contributed by atoms with Gasteiger partial charge in [0.1, 0.15) is 11.0 Å². The van der Waals surface area contributed by atoms with E-state index < -0.39 is 28.7 Å². The minimum absolute atomic E-state index is 0.0778. The van der Waals surface area contributed by atoms with Crippen LogP contribution in [0.15, 0.2) is 24.3 Å². The van der Waals surface area contributed by atoms with E-state index in [1.54, 1.807) is 12.1 Å². The fourth-order valence-electron chi connectivity index (χ4n) is 5.40. The monoisotopic (exact) mass is 427 g/mol. The van der Waals surface area contributed by atoms with Crippen LogP contribution in [0.2, 0.25) is 0 Å². The van der Waals surface area contributed by atoms with Crippen LogP contribution >= 0.6 is 11.8 Å². The first-order valence-corrected chi connectivity index (χ1v) is 10.9. The average Bonchev–Trinajstić information content (AvgIpc) is 3.35. The minimum atomic E-state index is -4.30. The molecule has 1 aromatic rings. The molecule has 3 aliphatic rings. The van der Waals surface area contributed by atoms with E-state index in [1.807, 2.05) is 0 Å². The Morgan fingerprint density at radius 1 is 1.17 bits per heavy atom. The molecule has 1 heterocycles. The fourth-order valence-corrected chi connectivity index (χ4v) is 7.02. The zero-order valence-electron chi connectivity index (χ0n) is 16.2. The normalized spacial score (nSPS) is 33.7. The lowest BCUT2D eigenvalue weighted by Gasteiger charge is -2.35. The largest absolute Gasteiger partial charge is 0.426 e. The summed E-state index contributed by atoms with van der Waals surface area (Å²) < 4.78 is 45.9. The Morgan fingerprint density at radius 3 is 2.62 bits per heavy atom. The van der Waals surface area contributed by atoms with Crippen molar-refractivity contribution >= 4 is 23.6 Å². The molecule has 2 saturated carbocycles. The number of nitrogens with one attached hydrogen (secondary N) is 1. The van der Waals surface area contributed by atoms with E-state index in [4.69, 9.17) is 4.74 Å². The number of para-hydroxylation sites is 1. The molecular formula is C21H24F3NO3S. The first kappa shape index (κ1) is 20.6. The molecule has 158 valence electrons. The molecule has 4 atom stereocenters. The molecule has 1 amide bonds. The highest BCUT2D eigenvalue weighted by Crippen LogP contribution is 2.78. The zero-order chi connectivity index (χ0) is 20.9. The van der Waals surface area contributed by atoms with Crippen LogP contribution in [-0.2, 0) is 4.79 Å². The van der Waals surface area contributed by atoms with Crippen molar-refractivity contribution in [1.29, 1.82) is 0 Å². The molecule has 0 spiro atoms. The van der Waals surface area contributed by atoms with E-state index in [0.29, 0.717) is 6.42 Å². The third-order valence-corrected chi connectivity index (χ3v) is 8.49. The van der Waals surface area contributed by atoms with Gasteiger partial charge < -0.3 is 10.1 Å². The van der Waals surface area contributed by atoms with E-state index in [1.165, 1.54) is 19.1 Å². The molecule has 0 radical (unpaired) electrons. The molecule has 0 aromatic heterocycles. The number of rotatable bonds is 3. The highest BCUT2D eigenvalue weighted by molar-refractivity contribution is 8.00. The summed E-state index contributed by atoms with van der Waals surface area (Å²) in [7, 11) is 0. The van der Waals surface area contributed by atoms with Crippen molar-refractivity contribution in [2.75, 3.05) is 0 Å². The topological polar surface area (TPSA) is 55.4 Å². The summed E-state index contributed by atoms with van der Waals surface area (Å²) in [6.07, 6.45) is 1.07. The van der Waals surface area contributed by atoms with Gasteiger partial charge in [-0.1, -0.05) is 25.0 Å². The molecule has 4 unspecified atom stereocenters. The molecule has 1 aromatic carbocycles. The first-order valence-electron chi connectivity index (χ1n) is 9.97. The first-order chi connectivity index (χ1) is 13.7. The van der Waals surface area contributed by atoms with Crippen molar-refractivity contribution < 1.29 is 27.5 Å². The average molecular weight is 427 g/mol. The number of thioether (sulfide) groups is 1. The summed E-state index contributed by atoms with van der Waals surface area (Å²) in [5.41, 5.74) is -0.178. The number of hydrogen-bond acceptors (Lipinski definition) is 4. The summed E-state index contributed by atoms with van der Waals surface area (Å²) in [5, 5.41) is 0.822. The van der Waals surface area contributed by atoms with Gasteiger partial charge in [-0.15, -0.1) is 11.8 Å². The summed E-state index contributed by atoms with van der Waals surface area (Å²) >= 11 is 0.858. The Morgan fingerprint density at radius 2 is 1.90 bits per heavy atom. The molecule has 3 fully saturated rings. The number of amides is 1. The van der Waals surface area contributed by atoms with Crippen molar-refractivity contribution in [2.45, 2.75) is 68.7 Å². The van der Waals surface area contributed by atoms with Gasteiger partial charge in [-0.25, -0.2) is 0 Å². The highest BCUT2D eigenvalue weighted by Gasteiger charge is 2.72. The number of carbonyl (C=O) groups excluding carboxylic acids is 2. The quantitative estimate of drug-likeness (QED) is 0.540. The maximum absolute atomic E-state index is 13.6. The summed E-state index contributed by atoms with van der Waals surface area (Å²) in [6.45, 7) is 1.24. The number of ether oxygens (including phenoxy) is 1. The lowest BCUT2D eigenvalue weighted by molar-refractivity contribution is -0.132. The number of esters is 1. The SMILES string of the molecule is CC(=O)Oc1ccccc1C(=O)NC1SC(C(F)(F)F)CCC23CCCCC12C3. The fraction of sp³-hybridized carbons (Fsp3) is 0.619. The predicted octanol–water partition coefficient (Wildman–Crippen LogP) is 5.08. The van der Waals surface area contributed by atoms with Gasteiger partial charge in [0.2, 0.25) is 0 Å². The molecule has 8 heteroatoms. The van der Waals surface area contributed by atoms with Crippen LogP contribution < -0.4 is 10.1 Å². The van der Waals surface area contributed by atoms with Gasteiger partial charge in [0, 0.05) is 12.3 Å². The van der Waals surface area contributed by atoms with E-state index in [9.17, 15) is 22.8 Å². The number of hydrogen-bond donors (Lipinski definition) is 1. The van der Waals surface area contributed by atoms with E-state index in [0.717, 1.165) is 43.9 Å². The maximum atomic E-state index is 13.6. The second-order valence-electron chi connectivity index (χ2n) is 8.47.